The van der Waals surface area contributed by atoms with E-state index in [1.54, 1.807) is 0 Å². The van der Waals surface area contributed by atoms with Crippen LogP contribution in [0, 0.1) is 0 Å². The van der Waals surface area contributed by atoms with Gasteiger partial charge in [-0.1, -0.05) is 56.1 Å². The number of halogens is 2. The summed E-state index contributed by atoms with van der Waals surface area (Å²) in [7, 11) is 1.47. The summed E-state index contributed by atoms with van der Waals surface area (Å²) < 4.78 is 8.16. The van der Waals surface area contributed by atoms with Crippen LogP contribution in [0.15, 0.2) is 57.5 Å². The number of benzene rings is 2. The van der Waals surface area contributed by atoms with Crippen molar-refractivity contribution in [2.24, 2.45) is 0 Å². The number of carbonyl (C=O) groups is 1. The van der Waals surface area contributed by atoms with E-state index in [2.05, 4.69) is 52.6 Å². The SMILES string of the molecule is COCC(=O)n1nc(NCc2cccc(Br)c2)nc1NCc1cccc(Br)c1. The van der Waals surface area contributed by atoms with E-state index in [1.807, 2.05) is 48.5 Å². The first-order valence-corrected chi connectivity index (χ1v) is 10.1. The van der Waals surface area contributed by atoms with E-state index in [9.17, 15) is 4.79 Å². The van der Waals surface area contributed by atoms with E-state index < -0.39 is 0 Å². The second-order valence-corrected chi connectivity index (χ2v) is 7.80. The monoisotopic (exact) mass is 507 g/mol. The molecule has 9 heteroatoms. The topological polar surface area (TPSA) is 81.1 Å². The van der Waals surface area contributed by atoms with Crippen molar-refractivity contribution in [1.29, 1.82) is 0 Å². The van der Waals surface area contributed by atoms with Crippen molar-refractivity contribution in [3.8, 4) is 0 Å². The zero-order valence-electron chi connectivity index (χ0n) is 15.2. The number of hydrogen-bond donors (Lipinski definition) is 2. The maximum Gasteiger partial charge on any atom is 0.276 e. The lowest BCUT2D eigenvalue weighted by atomic mass is 10.2. The lowest BCUT2D eigenvalue weighted by Crippen LogP contribution is -2.20. The van der Waals surface area contributed by atoms with Crippen LogP contribution in [0.5, 0.6) is 0 Å². The summed E-state index contributed by atoms with van der Waals surface area (Å²) in [5, 5.41) is 10.6. The first kappa shape index (κ1) is 20.5. The lowest BCUT2D eigenvalue weighted by Gasteiger charge is -2.07. The number of nitrogens with one attached hydrogen (secondary N) is 2. The molecule has 2 aromatic carbocycles. The molecule has 7 nitrogen and oxygen atoms in total. The van der Waals surface area contributed by atoms with Crippen LogP contribution in [-0.4, -0.2) is 34.4 Å². The van der Waals surface area contributed by atoms with Crippen molar-refractivity contribution in [2.75, 3.05) is 24.4 Å². The van der Waals surface area contributed by atoms with E-state index in [0.29, 0.717) is 25.0 Å². The highest BCUT2D eigenvalue weighted by Gasteiger charge is 2.16. The van der Waals surface area contributed by atoms with Gasteiger partial charge in [-0.3, -0.25) is 4.79 Å². The van der Waals surface area contributed by atoms with Crippen LogP contribution in [0.1, 0.15) is 15.9 Å². The molecule has 1 heterocycles. The summed E-state index contributed by atoms with van der Waals surface area (Å²) >= 11 is 6.91. The highest BCUT2D eigenvalue weighted by molar-refractivity contribution is 9.10. The van der Waals surface area contributed by atoms with Crippen molar-refractivity contribution >= 4 is 49.7 Å². The Morgan fingerprint density at radius 1 is 1.04 bits per heavy atom. The molecule has 2 N–H and O–H groups in total. The van der Waals surface area contributed by atoms with Crippen LogP contribution >= 0.6 is 31.9 Å². The van der Waals surface area contributed by atoms with Crippen LogP contribution < -0.4 is 10.6 Å². The van der Waals surface area contributed by atoms with E-state index >= 15 is 0 Å². The number of carbonyl (C=O) groups excluding carboxylic acids is 1. The standard InChI is InChI=1S/C19H19Br2N5O2/c1-28-12-17(27)26-19(23-11-14-5-3-7-16(21)9-14)24-18(25-26)22-10-13-4-2-6-15(20)8-13/h2-9H,10-12H2,1H3,(H2,22,23,24,25). The molecule has 3 rings (SSSR count). The summed E-state index contributed by atoms with van der Waals surface area (Å²) in [5.41, 5.74) is 2.12. The van der Waals surface area contributed by atoms with Crippen LogP contribution in [0.25, 0.3) is 0 Å². The Kier molecular flexibility index (Phi) is 7.18. The summed E-state index contributed by atoms with van der Waals surface area (Å²) in [4.78, 5) is 16.7. The van der Waals surface area contributed by atoms with Crippen molar-refractivity contribution in [1.82, 2.24) is 14.8 Å². The lowest BCUT2D eigenvalue weighted by molar-refractivity contribution is 0.0748. The molecule has 1 aromatic heterocycles. The van der Waals surface area contributed by atoms with Gasteiger partial charge in [-0.15, -0.1) is 5.10 Å². The summed E-state index contributed by atoms with van der Waals surface area (Å²) in [6, 6.07) is 15.8. The fraction of sp³-hybridized carbons (Fsp3) is 0.211. The molecule has 0 aliphatic heterocycles. The van der Waals surface area contributed by atoms with Crippen molar-refractivity contribution < 1.29 is 9.53 Å². The zero-order chi connectivity index (χ0) is 19.9. The minimum atomic E-state index is -0.303. The molecule has 0 saturated heterocycles. The van der Waals surface area contributed by atoms with Gasteiger partial charge in [0.25, 0.3) is 5.91 Å². The van der Waals surface area contributed by atoms with Gasteiger partial charge < -0.3 is 15.4 Å². The van der Waals surface area contributed by atoms with Gasteiger partial charge in [0.2, 0.25) is 11.9 Å². The van der Waals surface area contributed by atoms with Crippen molar-refractivity contribution in [3.63, 3.8) is 0 Å². The van der Waals surface area contributed by atoms with E-state index in [1.165, 1.54) is 11.8 Å². The van der Waals surface area contributed by atoms with Crippen LogP contribution in [0.4, 0.5) is 11.9 Å². The van der Waals surface area contributed by atoms with Gasteiger partial charge >= 0.3 is 0 Å². The first-order chi connectivity index (χ1) is 13.5. The maximum atomic E-state index is 12.3. The molecule has 0 atom stereocenters. The largest absolute Gasteiger partial charge is 0.375 e. The van der Waals surface area contributed by atoms with Crippen molar-refractivity contribution in [2.45, 2.75) is 13.1 Å². The Hall–Kier alpha value is -2.23. The molecule has 0 aliphatic rings. The summed E-state index contributed by atoms with van der Waals surface area (Å²) in [6.45, 7) is 0.955. The van der Waals surface area contributed by atoms with Gasteiger partial charge in [-0.25, -0.2) is 0 Å². The molecule has 3 aromatic rings. The minimum Gasteiger partial charge on any atom is -0.375 e. The second-order valence-electron chi connectivity index (χ2n) is 5.96. The highest BCUT2D eigenvalue weighted by Crippen LogP contribution is 2.16. The third-order valence-electron chi connectivity index (χ3n) is 3.79. The van der Waals surface area contributed by atoms with Gasteiger partial charge in [0.05, 0.1) is 0 Å². The van der Waals surface area contributed by atoms with Gasteiger partial charge in [0.15, 0.2) is 0 Å². The number of anilines is 2. The van der Waals surface area contributed by atoms with Crippen LogP contribution in [0.2, 0.25) is 0 Å². The van der Waals surface area contributed by atoms with E-state index in [4.69, 9.17) is 4.74 Å². The Bertz CT molecular complexity index is 961. The van der Waals surface area contributed by atoms with E-state index in [-0.39, 0.29) is 12.5 Å². The first-order valence-electron chi connectivity index (χ1n) is 8.51. The second kappa shape index (κ2) is 9.81. The van der Waals surface area contributed by atoms with Gasteiger partial charge in [0, 0.05) is 29.1 Å². The number of aromatic nitrogens is 3. The molecule has 0 aliphatic carbocycles. The smallest absolute Gasteiger partial charge is 0.276 e. The summed E-state index contributed by atoms with van der Waals surface area (Å²) in [5.74, 6) is 0.419. The average Bonchev–Trinajstić information content (AvgIpc) is 3.08. The molecule has 0 amide bonds. The van der Waals surface area contributed by atoms with Crippen LogP contribution in [-0.2, 0) is 17.8 Å². The molecule has 0 unspecified atom stereocenters. The summed E-state index contributed by atoms with van der Waals surface area (Å²) in [6.07, 6.45) is 0. The van der Waals surface area contributed by atoms with Gasteiger partial charge in [-0.2, -0.15) is 9.67 Å². The minimum absolute atomic E-state index is 0.0833. The molecule has 0 radical (unpaired) electrons. The molecule has 0 saturated carbocycles. The Morgan fingerprint density at radius 2 is 1.64 bits per heavy atom. The fourth-order valence-electron chi connectivity index (χ4n) is 2.52. The Labute approximate surface area is 179 Å². The molecular formula is C19H19Br2N5O2. The molecule has 146 valence electrons. The highest BCUT2D eigenvalue weighted by atomic mass is 79.9. The molecule has 28 heavy (non-hydrogen) atoms. The third-order valence-corrected chi connectivity index (χ3v) is 4.78. The average molecular weight is 509 g/mol. The number of methoxy groups -OCH3 is 1. The molecule has 0 fully saturated rings. The van der Waals surface area contributed by atoms with Gasteiger partial charge in [0.1, 0.15) is 6.61 Å². The normalized spacial score (nSPS) is 10.7. The molecular weight excluding hydrogens is 490 g/mol. The Morgan fingerprint density at radius 3 is 2.21 bits per heavy atom. The predicted molar refractivity (Wildman–Crippen MR) is 115 cm³/mol. The maximum absolute atomic E-state index is 12.3. The van der Waals surface area contributed by atoms with Gasteiger partial charge in [-0.05, 0) is 35.4 Å². The number of ether oxygens (including phenoxy) is 1. The third kappa shape index (κ3) is 5.63. The van der Waals surface area contributed by atoms with Crippen LogP contribution in [0.3, 0.4) is 0 Å². The number of nitrogens with zero attached hydrogens (tertiary/aromatic N) is 3. The van der Waals surface area contributed by atoms with E-state index in [0.717, 1.165) is 20.1 Å². The molecule has 0 bridgehead atoms. The zero-order valence-corrected chi connectivity index (χ0v) is 18.3. The number of hydrogen-bond acceptors (Lipinski definition) is 6. The van der Waals surface area contributed by atoms with Crippen molar-refractivity contribution in [3.05, 3.63) is 68.6 Å². The quantitative estimate of drug-likeness (QED) is 0.471. The Balaban J connectivity index is 1.74. The number of rotatable bonds is 8. The fourth-order valence-corrected chi connectivity index (χ4v) is 3.41. The predicted octanol–water partition coefficient (Wildman–Crippen LogP) is 4.31. The molecule has 0 spiro atoms.